The minimum Gasteiger partial charge on any atom is -0.437 e. The highest BCUT2D eigenvalue weighted by atomic mass is 79.9. The Balaban J connectivity index is 2.34. The first-order valence-electron chi connectivity index (χ1n) is 5.12. The maximum Gasteiger partial charge on any atom is 0.238 e. The van der Waals surface area contributed by atoms with Crippen molar-refractivity contribution in [3.8, 4) is 11.6 Å². The van der Waals surface area contributed by atoms with Gasteiger partial charge in [0.25, 0.3) is 0 Å². The Hall–Kier alpha value is -1.06. The minimum atomic E-state index is 0.420. The van der Waals surface area contributed by atoms with Gasteiger partial charge in [-0.05, 0) is 53.0 Å². The maximum absolute atomic E-state index is 6.05. The predicted octanol–water partition coefficient (Wildman–Crippen LogP) is 4.91. The first kappa shape index (κ1) is 12.4. The van der Waals surface area contributed by atoms with Gasteiger partial charge in [-0.1, -0.05) is 23.7 Å². The van der Waals surface area contributed by atoms with Gasteiger partial charge in [0.05, 0.1) is 0 Å². The molecule has 0 unspecified atom stereocenters. The Kier molecular flexibility index (Phi) is 3.69. The molecule has 0 saturated carbocycles. The van der Waals surface area contributed by atoms with Gasteiger partial charge in [-0.2, -0.15) is 0 Å². The van der Waals surface area contributed by atoms with Crippen LogP contribution < -0.4 is 4.74 Å². The number of hydrogen-bond donors (Lipinski definition) is 0. The summed E-state index contributed by atoms with van der Waals surface area (Å²) in [4.78, 5) is 4.14. The number of hydrogen-bond acceptors (Lipinski definition) is 2. The molecular weight excluding hydrogens is 302 g/mol. The molecule has 0 aliphatic rings. The third-order valence-corrected chi connectivity index (χ3v) is 3.03. The molecule has 0 atom stereocenters. The van der Waals surface area contributed by atoms with Gasteiger partial charge in [-0.15, -0.1) is 0 Å². The number of rotatable bonds is 2. The van der Waals surface area contributed by atoms with Crippen molar-refractivity contribution in [2.75, 3.05) is 0 Å². The van der Waals surface area contributed by atoms with E-state index in [9.17, 15) is 0 Å². The van der Waals surface area contributed by atoms with Crippen molar-refractivity contribution in [2.24, 2.45) is 0 Å². The molecule has 88 valence electrons. The van der Waals surface area contributed by atoms with E-state index < -0.39 is 0 Å². The summed E-state index contributed by atoms with van der Waals surface area (Å²) < 4.78 is 6.54. The lowest BCUT2D eigenvalue weighted by atomic mass is 10.1. The minimum absolute atomic E-state index is 0.420. The van der Waals surface area contributed by atoms with Gasteiger partial charge in [0.2, 0.25) is 5.88 Å². The Morgan fingerprint density at radius 1 is 1.24 bits per heavy atom. The zero-order valence-corrected chi connectivity index (χ0v) is 11.8. The zero-order chi connectivity index (χ0) is 12.4. The second-order valence-electron chi connectivity index (χ2n) is 3.81. The van der Waals surface area contributed by atoms with Crippen molar-refractivity contribution in [2.45, 2.75) is 13.8 Å². The number of benzene rings is 1. The van der Waals surface area contributed by atoms with E-state index in [1.807, 2.05) is 32.0 Å². The Labute approximate surface area is 114 Å². The first-order valence-corrected chi connectivity index (χ1v) is 6.29. The summed E-state index contributed by atoms with van der Waals surface area (Å²) in [6.45, 7) is 4.00. The van der Waals surface area contributed by atoms with E-state index in [1.165, 1.54) is 0 Å². The van der Waals surface area contributed by atoms with Crippen LogP contribution in [-0.4, -0.2) is 4.98 Å². The predicted molar refractivity (Wildman–Crippen MR) is 72.9 cm³/mol. The van der Waals surface area contributed by atoms with Crippen molar-refractivity contribution in [3.05, 3.63) is 51.1 Å². The number of pyridine rings is 1. The SMILES string of the molecule is Cc1ccc(C)c(Oc2ncc(Br)cc2Cl)c1. The molecule has 0 bridgehead atoms. The molecule has 0 aliphatic heterocycles. The van der Waals surface area contributed by atoms with Crippen LogP contribution in [0.2, 0.25) is 5.02 Å². The summed E-state index contributed by atoms with van der Waals surface area (Å²) in [5, 5.41) is 0.486. The molecule has 1 aromatic carbocycles. The van der Waals surface area contributed by atoms with E-state index in [0.29, 0.717) is 10.9 Å². The topological polar surface area (TPSA) is 22.1 Å². The van der Waals surface area contributed by atoms with Crippen LogP contribution in [0.5, 0.6) is 11.6 Å². The third-order valence-electron chi connectivity index (χ3n) is 2.32. The standard InChI is InChI=1S/C13H11BrClNO/c1-8-3-4-9(2)12(5-8)17-13-11(15)6-10(14)7-16-13/h3-7H,1-2H3. The molecule has 0 N–H and O–H groups in total. The van der Waals surface area contributed by atoms with Crippen molar-refractivity contribution < 1.29 is 4.74 Å². The molecular formula is C13H11BrClNO. The van der Waals surface area contributed by atoms with Crippen molar-refractivity contribution in [1.82, 2.24) is 4.98 Å². The van der Waals surface area contributed by atoms with Gasteiger partial charge < -0.3 is 4.74 Å². The van der Waals surface area contributed by atoms with E-state index in [2.05, 4.69) is 20.9 Å². The molecule has 0 radical (unpaired) electrons. The number of aryl methyl sites for hydroxylation is 2. The largest absolute Gasteiger partial charge is 0.437 e. The molecule has 17 heavy (non-hydrogen) atoms. The van der Waals surface area contributed by atoms with E-state index in [0.717, 1.165) is 21.3 Å². The zero-order valence-electron chi connectivity index (χ0n) is 9.50. The molecule has 0 spiro atoms. The summed E-state index contributed by atoms with van der Waals surface area (Å²) in [5.41, 5.74) is 2.19. The highest BCUT2D eigenvalue weighted by Gasteiger charge is 2.07. The normalized spacial score (nSPS) is 10.4. The van der Waals surface area contributed by atoms with Gasteiger partial charge in [-0.25, -0.2) is 4.98 Å². The number of halogens is 2. The number of aromatic nitrogens is 1. The van der Waals surface area contributed by atoms with E-state index >= 15 is 0 Å². The van der Waals surface area contributed by atoms with Crippen LogP contribution in [0.15, 0.2) is 34.9 Å². The van der Waals surface area contributed by atoms with Crippen LogP contribution in [0.1, 0.15) is 11.1 Å². The molecule has 1 aromatic heterocycles. The summed E-state index contributed by atoms with van der Waals surface area (Å²) in [6.07, 6.45) is 1.66. The molecule has 0 amide bonds. The second kappa shape index (κ2) is 5.07. The molecule has 4 heteroatoms. The van der Waals surface area contributed by atoms with Gasteiger partial charge in [0, 0.05) is 10.7 Å². The Bertz CT molecular complexity index is 557. The summed E-state index contributed by atoms with van der Waals surface area (Å²) >= 11 is 9.36. The van der Waals surface area contributed by atoms with E-state index in [1.54, 1.807) is 12.3 Å². The fourth-order valence-electron chi connectivity index (χ4n) is 1.40. The monoisotopic (exact) mass is 311 g/mol. The van der Waals surface area contributed by atoms with Crippen LogP contribution >= 0.6 is 27.5 Å². The summed E-state index contributed by atoms with van der Waals surface area (Å²) in [7, 11) is 0. The maximum atomic E-state index is 6.05. The third kappa shape index (κ3) is 2.99. The van der Waals surface area contributed by atoms with Crippen molar-refractivity contribution in [1.29, 1.82) is 0 Å². The average Bonchev–Trinajstić information content (AvgIpc) is 2.27. The first-order chi connectivity index (χ1) is 8.06. The van der Waals surface area contributed by atoms with Gasteiger partial charge in [0.15, 0.2) is 0 Å². The summed E-state index contributed by atoms with van der Waals surface area (Å²) in [6, 6.07) is 7.78. The average molecular weight is 313 g/mol. The van der Waals surface area contributed by atoms with Crippen LogP contribution in [0.25, 0.3) is 0 Å². The molecule has 0 aliphatic carbocycles. The second-order valence-corrected chi connectivity index (χ2v) is 5.13. The number of nitrogens with zero attached hydrogens (tertiary/aromatic N) is 1. The lowest BCUT2D eigenvalue weighted by Crippen LogP contribution is -1.91. The van der Waals surface area contributed by atoms with Crippen LogP contribution in [0.4, 0.5) is 0 Å². The van der Waals surface area contributed by atoms with Gasteiger partial charge in [-0.3, -0.25) is 0 Å². The smallest absolute Gasteiger partial charge is 0.238 e. The van der Waals surface area contributed by atoms with Crippen LogP contribution in [0, 0.1) is 13.8 Å². The molecule has 2 aromatic rings. The Morgan fingerprint density at radius 3 is 2.71 bits per heavy atom. The molecule has 0 fully saturated rings. The van der Waals surface area contributed by atoms with Crippen molar-refractivity contribution in [3.63, 3.8) is 0 Å². The molecule has 1 heterocycles. The van der Waals surface area contributed by atoms with Crippen LogP contribution in [-0.2, 0) is 0 Å². The lowest BCUT2D eigenvalue weighted by Gasteiger charge is -2.09. The Morgan fingerprint density at radius 2 is 2.00 bits per heavy atom. The fraction of sp³-hybridized carbons (Fsp3) is 0.154. The summed E-state index contributed by atoms with van der Waals surface area (Å²) in [5.74, 6) is 1.20. The molecule has 2 rings (SSSR count). The highest BCUT2D eigenvalue weighted by Crippen LogP contribution is 2.31. The molecule has 0 saturated heterocycles. The highest BCUT2D eigenvalue weighted by molar-refractivity contribution is 9.10. The number of ether oxygens (including phenoxy) is 1. The van der Waals surface area contributed by atoms with E-state index in [4.69, 9.17) is 16.3 Å². The van der Waals surface area contributed by atoms with Gasteiger partial charge in [0.1, 0.15) is 10.8 Å². The van der Waals surface area contributed by atoms with Gasteiger partial charge >= 0.3 is 0 Å². The lowest BCUT2D eigenvalue weighted by molar-refractivity contribution is 0.459. The van der Waals surface area contributed by atoms with Crippen molar-refractivity contribution >= 4 is 27.5 Å². The quantitative estimate of drug-likeness (QED) is 0.786. The molecule has 2 nitrogen and oxygen atoms in total. The van der Waals surface area contributed by atoms with E-state index in [-0.39, 0.29) is 0 Å². The fourth-order valence-corrected chi connectivity index (χ4v) is 2.07. The van der Waals surface area contributed by atoms with Crippen LogP contribution in [0.3, 0.4) is 0 Å².